The van der Waals surface area contributed by atoms with E-state index >= 15 is 0 Å². The van der Waals surface area contributed by atoms with Gasteiger partial charge in [-0.2, -0.15) is 0 Å². The first-order valence-corrected chi connectivity index (χ1v) is 7.53. The fourth-order valence-corrected chi connectivity index (χ4v) is 2.70. The number of fused-ring (bicyclic) bond motifs is 1. The van der Waals surface area contributed by atoms with Crippen molar-refractivity contribution in [2.75, 3.05) is 25.1 Å². The van der Waals surface area contributed by atoms with E-state index in [1.165, 1.54) is 11.1 Å². The zero-order valence-corrected chi connectivity index (χ0v) is 14.7. The molecule has 2 rings (SSSR count). The number of amides is 1. The Morgan fingerprint density at radius 3 is 2.64 bits per heavy atom. The first-order valence-electron chi connectivity index (χ1n) is 7.53. The summed E-state index contributed by atoms with van der Waals surface area (Å²) in [5, 5.41) is 0. The van der Waals surface area contributed by atoms with Gasteiger partial charge in [0, 0.05) is 25.9 Å². The lowest BCUT2D eigenvalue weighted by molar-refractivity contribution is -0.120. The Balaban J connectivity index is 0.00000242. The molecule has 5 heteroatoms. The van der Waals surface area contributed by atoms with Crippen LogP contribution in [0.15, 0.2) is 18.2 Å². The van der Waals surface area contributed by atoms with Crippen LogP contribution >= 0.6 is 12.4 Å². The Morgan fingerprint density at radius 2 is 2.09 bits per heavy atom. The molecule has 124 valence electrons. The van der Waals surface area contributed by atoms with Crippen LogP contribution < -0.4 is 10.6 Å². The van der Waals surface area contributed by atoms with Gasteiger partial charge in [-0.15, -0.1) is 12.4 Å². The van der Waals surface area contributed by atoms with E-state index < -0.39 is 0 Å². The van der Waals surface area contributed by atoms with Crippen LogP contribution in [-0.2, 0) is 21.4 Å². The van der Waals surface area contributed by atoms with Gasteiger partial charge in [0.25, 0.3) is 0 Å². The fourth-order valence-electron chi connectivity index (χ4n) is 2.70. The van der Waals surface area contributed by atoms with Crippen LogP contribution in [0, 0.1) is 0 Å². The molecule has 0 saturated carbocycles. The average Bonchev–Trinajstić information content (AvgIpc) is 2.86. The molecule has 0 radical (unpaired) electrons. The van der Waals surface area contributed by atoms with Crippen LogP contribution in [0.25, 0.3) is 0 Å². The standard InChI is InChI=1S/C17H26N2O2.ClH/c1-17(2,3)13-5-6-15-12(9-13)7-8-19(15)16(20)10-14(11-18)21-4;/h5-6,9,14H,7-8,10-11,18H2,1-4H3;1H. The second-order valence-electron chi connectivity index (χ2n) is 6.69. The largest absolute Gasteiger partial charge is 0.380 e. The molecule has 22 heavy (non-hydrogen) atoms. The molecule has 0 bridgehead atoms. The number of carbonyl (C=O) groups is 1. The predicted octanol–water partition coefficient (Wildman–Crippen LogP) is 2.66. The van der Waals surface area contributed by atoms with E-state index in [1.807, 2.05) is 4.90 Å². The minimum Gasteiger partial charge on any atom is -0.380 e. The molecule has 1 aromatic carbocycles. The molecule has 1 atom stereocenters. The van der Waals surface area contributed by atoms with Gasteiger partial charge in [0.2, 0.25) is 5.91 Å². The number of hydrogen-bond donors (Lipinski definition) is 1. The smallest absolute Gasteiger partial charge is 0.229 e. The van der Waals surface area contributed by atoms with E-state index in [1.54, 1.807) is 7.11 Å². The highest BCUT2D eigenvalue weighted by atomic mass is 35.5. The van der Waals surface area contributed by atoms with Crippen LogP contribution in [0.3, 0.4) is 0 Å². The molecule has 4 nitrogen and oxygen atoms in total. The Bertz CT molecular complexity index is 522. The van der Waals surface area contributed by atoms with Gasteiger partial charge in [0.1, 0.15) is 0 Å². The first kappa shape index (κ1) is 18.9. The third kappa shape index (κ3) is 4.00. The number of methoxy groups -OCH3 is 1. The molecular formula is C17H27ClN2O2. The summed E-state index contributed by atoms with van der Waals surface area (Å²) in [7, 11) is 1.60. The average molecular weight is 327 g/mol. The van der Waals surface area contributed by atoms with Crippen LogP contribution in [0.1, 0.15) is 38.3 Å². The quantitative estimate of drug-likeness (QED) is 0.925. The van der Waals surface area contributed by atoms with Crippen molar-refractivity contribution in [2.45, 2.75) is 45.1 Å². The highest BCUT2D eigenvalue weighted by Gasteiger charge is 2.27. The van der Waals surface area contributed by atoms with Crippen molar-refractivity contribution in [3.05, 3.63) is 29.3 Å². The van der Waals surface area contributed by atoms with E-state index in [-0.39, 0.29) is 29.8 Å². The number of hydrogen-bond acceptors (Lipinski definition) is 3. The van der Waals surface area contributed by atoms with Gasteiger partial charge >= 0.3 is 0 Å². The summed E-state index contributed by atoms with van der Waals surface area (Å²) in [4.78, 5) is 14.3. The Kier molecular flexibility index (Phi) is 6.41. The maximum Gasteiger partial charge on any atom is 0.229 e. The third-order valence-electron chi connectivity index (χ3n) is 4.14. The van der Waals surface area contributed by atoms with Gasteiger partial charge in [0.15, 0.2) is 0 Å². The van der Waals surface area contributed by atoms with Crippen molar-refractivity contribution in [2.24, 2.45) is 5.73 Å². The summed E-state index contributed by atoms with van der Waals surface area (Å²) in [6.07, 6.45) is 1.06. The van der Waals surface area contributed by atoms with E-state index in [9.17, 15) is 4.79 Å². The van der Waals surface area contributed by atoms with Gasteiger partial charge in [-0.3, -0.25) is 4.79 Å². The Labute approximate surface area is 139 Å². The second-order valence-corrected chi connectivity index (χ2v) is 6.69. The molecule has 1 heterocycles. The minimum atomic E-state index is -0.199. The van der Waals surface area contributed by atoms with Crippen LogP contribution in [0.4, 0.5) is 5.69 Å². The highest BCUT2D eigenvalue weighted by Crippen LogP contribution is 2.33. The Hall–Kier alpha value is -1.10. The van der Waals surface area contributed by atoms with Crippen molar-refractivity contribution in [1.82, 2.24) is 0 Å². The molecular weight excluding hydrogens is 300 g/mol. The maximum atomic E-state index is 12.4. The van der Waals surface area contributed by atoms with E-state index in [0.29, 0.717) is 13.0 Å². The molecule has 1 aliphatic rings. The minimum absolute atomic E-state index is 0. The lowest BCUT2D eigenvalue weighted by Crippen LogP contribution is -2.35. The van der Waals surface area contributed by atoms with E-state index in [2.05, 4.69) is 39.0 Å². The molecule has 1 unspecified atom stereocenters. The molecule has 2 N–H and O–H groups in total. The number of rotatable bonds is 4. The SMILES string of the molecule is COC(CN)CC(=O)N1CCc2cc(C(C)(C)C)ccc21.Cl. The van der Waals surface area contributed by atoms with Crippen molar-refractivity contribution < 1.29 is 9.53 Å². The van der Waals surface area contributed by atoms with Crippen LogP contribution in [-0.4, -0.2) is 32.2 Å². The third-order valence-corrected chi connectivity index (χ3v) is 4.14. The van der Waals surface area contributed by atoms with Crippen molar-refractivity contribution in [3.63, 3.8) is 0 Å². The fraction of sp³-hybridized carbons (Fsp3) is 0.588. The zero-order chi connectivity index (χ0) is 15.6. The van der Waals surface area contributed by atoms with Gasteiger partial charge in [-0.25, -0.2) is 0 Å². The lowest BCUT2D eigenvalue weighted by Gasteiger charge is -2.22. The second kappa shape index (κ2) is 7.44. The lowest BCUT2D eigenvalue weighted by atomic mass is 9.86. The molecule has 1 amide bonds. The molecule has 0 fully saturated rings. The number of ether oxygens (including phenoxy) is 1. The van der Waals surface area contributed by atoms with Crippen molar-refractivity contribution in [1.29, 1.82) is 0 Å². The van der Waals surface area contributed by atoms with Crippen molar-refractivity contribution in [3.8, 4) is 0 Å². The maximum absolute atomic E-state index is 12.4. The topological polar surface area (TPSA) is 55.6 Å². The number of nitrogens with two attached hydrogens (primary N) is 1. The Morgan fingerprint density at radius 1 is 1.41 bits per heavy atom. The monoisotopic (exact) mass is 326 g/mol. The molecule has 1 aromatic rings. The van der Waals surface area contributed by atoms with Gasteiger partial charge in [-0.1, -0.05) is 32.9 Å². The van der Waals surface area contributed by atoms with Gasteiger partial charge < -0.3 is 15.4 Å². The zero-order valence-electron chi connectivity index (χ0n) is 13.9. The molecule has 0 aromatic heterocycles. The molecule has 1 aliphatic heterocycles. The van der Waals surface area contributed by atoms with E-state index in [4.69, 9.17) is 10.5 Å². The summed E-state index contributed by atoms with van der Waals surface area (Å²) in [6, 6.07) is 6.44. The van der Waals surface area contributed by atoms with Crippen molar-refractivity contribution >= 4 is 24.0 Å². The number of halogens is 1. The summed E-state index contributed by atoms with van der Waals surface area (Å²) in [6.45, 7) is 7.74. The highest BCUT2D eigenvalue weighted by molar-refractivity contribution is 5.95. The predicted molar refractivity (Wildman–Crippen MR) is 92.9 cm³/mol. The van der Waals surface area contributed by atoms with Crippen LogP contribution in [0.5, 0.6) is 0 Å². The number of carbonyl (C=O) groups excluding carboxylic acids is 1. The summed E-state index contributed by atoms with van der Waals surface area (Å²) < 4.78 is 5.21. The summed E-state index contributed by atoms with van der Waals surface area (Å²) in [5.41, 5.74) is 9.34. The van der Waals surface area contributed by atoms with Crippen LogP contribution in [0.2, 0.25) is 0 Å². The summed E-state index contributed by atoms with van der Waals surface area (Å²) in [5.74, 6) is 0.0922. The first-order chi connectivity index (χ1) is 9.86. The van der Waals surface area contributed by atoms with E-state index in [0.717, 1.165) is 18.7 Å². The van der Waals surface area contributed by atoms with Gasteiger partial charge in [0.05, 0.1) is 12.5 Å². The number of anilines is 1. The molecule has 0 spiro atoms. The summed E-state index contributed by atoms with van der Waals surface area (Å²) >= 11 is 0. The number of benzene rings is 1. The number of nitrogens with zero attached hydrogens (tertiary/aromatic N) is 1. The molecule has 0 aliphatic carbocycles. The normalized spacial score (nSPS) is 15.2. The molecule has 0 saturated heterocycles. The van der Waals surface area contributed by atoms with Gasteiger partial charge in [-0.05, 0) is 29.0 Å².